The first-order valence-corrected chi connectivity index (χ1v) is 9.22. The zero-order chi connectivity index (χ0) is 15.0. The van der Waals surface area contributed by atoms with E-state index in [2.05, 4.69) is 10.8 Å². The topological polar surface area (TPSA) is 72.2 Å². The average Bonchev–Trinajstić information content (AvgIpc) is 3.00. The SMILES string of the molecule is Cc1c(N)cccc1S(=O)(=O)NCc1cc2c(s1)CCC2. The fourth-order valence-corrected chi connectivity index (χ4v) is 5.22. The van der Waals surface area contributed by atoms with Crippen LogP contribution in [0.15, 0.2) is 29.2 Å². The minimum absolute atomic E-state index is 0.256. The van der Waals surface area contributed by atoms with Gasteiger partial charge in [0, 0.05) is 22.0 Å². The molecule has 1 aromatic heterocycles. The van der Waals surface area contributed by atoms with Gasteiger partial charge in [-0.1, -0.05) is 6.07 Å². The molecule has 1 aliphatic rings. The van der Waals surface area contributed by atoms with E-state index < -0.39 is 10.0 Å². The van der Waals surface area contributed by atoms with Crippen molar-refractivity contribution in [1.82, 2.24) is 4.72 Å². The van der Waals surface area contributed by atoms with Gasteiger partial charge in [-0.15, -0.1) is 11.3 Å². The van der Waals surface area contributed by atoms with Crippen molar-refractivity contribution in [3.05, 3.63) is 45.1 Å². The Kier molecular flexibility index (Phi) is 3.77. The average molecular weight is 322 g/mol. The van der Waals surface area contributed by atoms with Gasteiger partial charge in [-0.25, -0.2) is 13.1 Å². The lowest BCUT2D eigenvalue weighted by atomic mass is 10.2. The molecule has 2 aromatic rings. The molecule has 1 aromatic carbocycles. The van der Waals surface area contributed by atoms with Gasteiger partial charge in [0.1, 0.15) is 0 Å². The zero-order valence-electron chi connectivity index (χ0n) is 11.8. The molecule has 0 bridgehead atoms. The molecule has 4 nitrogen and oxygen atoms in total. The van der Waals surface area contributed by atoms with Gasteiger partial charge in [0.2, 0.25) is 10.0 Å². The number of hydrogen-bond donors (Lipinski definition) is 2. The maximum Gasteiger partial charge on any atom is 0.241 e. The van der Waals surface area contributed by atoms with Gasteiger partial charge in [0.25, 0.3) is 0 Å². The van der Waals surface area contributed by atoms with Crippen LogP contribution in [0.4, 0.5) is 5.69 Å². The van der Waals surface area contributed by atoms with E-state index in [4.69, 9.17) is 5.73 Å². The number of sulfonamides is 1. The van der Waals surface area contributed by atoms with E-state index in [-0.39, 0.29) is 4.90 Å². The summed E-state index contributed by atoms with van der Waals surface area (Å²) in [6.45, 7) is 2.07. The summed E-state index contributed by atoms with van der Waals surface area (Å²) < 4.78 is 27.5. The maximum absolute atomic E-state index is 12.4. The quantitative estimate of drug-likeness (QED) is 0.850. The molecule has 0 spiro atoms. The number of anilines is 1. The van der Waals surface area contributed by atoms with Crippen LogP contribution in [0.2, 0.25) is 0 Å². The first kappa shape index (κ1) is 14.6. The van der Waals surface area contributed by atoms with Gasteiger partial charge >= 0.3 is 0 Å². The highest BCUT2D eigenvalue weighted by molar-refractivity contribution is 7.89. The Balaban J connectivity index is 1.78. The Labute approximate surface area is 129 Å². The van der Waals surface area contributed by atoms with Crippen molar-refractivity contribution in [1.29, 1.82) is 0 Å². The Morgan fingerprint density at radius 1 is 1.33 bits per heavy atom. The molecule has 0 radical (unpaired) electrons. The molecule has 0 fully saturated rings. The first-order valence-electron chi connectivity index (χ1n) is 6.92. The Morgan fingerprint density at radius 3 is 2.90 bits per heavy atom. The highest BCUT2D eigenvalue weighted by atomic mass is 32.2. The molecule has 0 atom stereocenters. The fourth-order valence-electron chi connectivity index (χ4n) is 2.64. The molecule has 21 heavy (non-hydrogen) atoms. The molecule has 1 heterocycles. The number of fused-ring (bicyclic) bond motifs is 1. The second kappa shape index (κ2) is 5.44. The minimum Gasteiger partial charge on any atom is -0.398 e. The number of nitrogens with one attached hydrogen (secondary N) is 1. The highest BCUT2D eigenvalue weighted by Gasteiger charge is 2.19. The van der Waals surface area contributed by atoms with Crippen molar-refractivity contribution in [3.63, 3.8) is 0 Å². The summed E-state index contributed by atoms with van der Waals surface area (Å²) in [5.74, 6) is 0. The van der Waals surface area contributed by atoms with Gasteiger partial charge in [0.05, 0.1) is 4.90 Å². The summed E-state index contributed by atoms with van der Waals surface area (Å²) in [5.41, 5.74) is 8.26. The third-order valence-electron chi connectivity index (χ3n) is 3.85. The van der Waals surface area contributed by atoms with E-state index in [1.54, 1.807) is 36.5 Å². The van der Waals surface area contributed by atoms with Crippen LogP contribution in [0.3, 0.4) is 0 Å². The van der Waals surface area contributed by atoms with E-state index in [0.717, 1.165) is 17.7 Å². The zero-order valence-corrected chi connectivity index (χ0v) is 13.5. The molecular formula is C15H18N2O2S2. The van der Waals surface area contributed by atoms with Crippen LogP contribution < -0.4 is 10.5 Å². The molecule has 0 amide bonds. The van der Waals surface area contributed by atoms with Gasteiger partial charge in [0.15, 0.2) is 0 Å². The monoisotopic (exact) mass is 322 g/mol. The van der Waals surface area contributed by atoms with E-state index in [1.807, 2.05) is 0 Å². The molecule has 0 saturated heterocycles. The van der Waals surface area contributed by atoms with Gasteiger partial charge < -0.3 is 5.73 Å². The number of hydrogen-bond acceptors (Lipinski definition) is 4. The predicted molar refractivity (Wildman–Crippen MR) is 86.0 cm³/mol. The van der Waals surface area contributed by atoms with Gasteiger partial charge in [-0.3, -0.25) is 0 Å². The number of nitrogens with two attached hydrogens (primary N) is 1. The maximum atomic E-state index is 12.4. The van der Waals surface area contributed by atoms with Crippen LogP contribution >= 0.6 is 11.3 Å². The van der Waals surface area contributed by atoms with Crippen LogP contribution in [0.1, 0.15) is 27.3 Å². The lowest BCUT2D eigenvalue weighted by Gasteiger charge is -2.10. The van der Waals surface area contributed by atoms with E-state index in [1.165, 1.54) is 16.9 Å². The van der Waals surface area contributed by atoms with Crippen LogP contribution in [0.5, 0.6) is 0 Å². The highest BCUT2D eigenvalue weighted by Crippen LogP contribution is 2.30. The van der Waals surface area contributed by atoms with Crippen molar-refractivity contribution in [2.75, 3.05) is 5.73 Å². The van der Waals surface area contributed by atoms with E-state index in [0.29, 0.717) is 17.8 Å². The second-order valence-corrected chi connectivity index (χ2v) is 8.27. The normalized spacial score (nSPS) is 14.3. The van der Waals surface area contributed by atoms with Crippen LogP contribution in [0.25, 0.3) is 0 Å². The molecule has 0 unspecified atom stereocenters. The Bertz CT molecular complexity index is 757. The molecule has 6 heteroatoms. The van der Waals surface area contributed by atoms with E-state index >= 15 is 0 Å². The number of thiophene rings is 1. The van der Waals surface area contributed by atoms with Crippen LogP contribution in [-0.4, -0.2) is 8.42 Å². The molecule has 0 aliphatic heterocycles. The van der Waals surface area contributed by atoms with Gasteiger partial charge in [-0.05, 0) is 55.5 Å². The summed E-state index contributed by atoms with van der Waals surface area (Å²) in [6, 6.07) is 7.08. The van der Waals surface area contributed by atoms with Crippen molar-refractivity contribution in [2.24, 2.45) is 0 Å². The molecular weight excluding hydrogens is 304 g/mol. The molecule has 3 rings (SSSR count). The smallest absolute Gasteiger partial charge is 0.241 e. The summed E-state index contributed by atoms with van der Waals surface area (Å²) in [6.07, 6.45) is 3.46. The number of benzene rings is 1. The molecule has 0 saturated carbocycles. The minimum atomic E-state index is -3.53. The third kappa shape index (κ3) is 2.84. The summed E-state index contributed by atoms with van der Waals surface area (Å²) >= 11 is 1.71. The molecule has 3 N–H and O–H groups in total. The lowest BCUT2D eigenvalue weighted by Crippen LogP contribution is -2.23. The van der Waals surface area contributed by atoms with Crippen LogP contribution in [-0.2, 0) is 29.4 Å². The largest absolute Gasteiger partial charge is 0.398 e. The number of aryl methyl sites for hydroxylation is 2. The van der Waals surface area contributed by atoms with Gasteiger partial charge in [-0.2, -0.15) is 0 Å². The Morgan fingerprint density at radius 2 is 2.14 bits per heavy atom. The fraction of sp³-hybridized carbons (Fsp3) is 0.333. The summed E-state index contributed by atoms with van der Waals surface area (Å²) in [5, 5.41) is 0. The van der Waals surface area contributed by atoms with Crippen molar-refractivity contribution in [2.45, 2.75) is 37.6 Å². The summed E-state index contributed by atoms with van der Waals surface area (Å²) in [7, 11) is -3.53. The first-order chi connectivity index (χ1) is 9.97. The van der Waals surface area contributed by atoms with Crippen molar-refractivity contribution in [3.8, 4) is 0 Å². The third-order valence-corrected chi connectivity index (χ3v) is 6.63. The molecule has 112 valence electrons. The molecule has 1 aliphatic carbocycles. The lowest BCUT2D eigenvalue weighted by molar-refractivity contribution is 0.581. The summed E-state index contributed by atoms with van der Waals surface area (Å²) in [4.78, 5) is 2.74. The number of nitrogen functional groups attached to an aromatic ring is 1. The second-order valence-electron chi connectivity index (χ2n) is 5.31. The number of rotatable bonds is 4. The standard InChI is InChI=1S/C15H18N2O2S2/c1-10-13(16)5-3-7-15(10)21(18,19)17-9-12-8-11-4-2-6-14(11)20-12/h3,5,7-8,17H,2,4,6,9,16H2,1H3. The van der Waals surface area contributed by atoms with Crippen LogP contribution in [0, 0.1) is 6.92 Å². The Hall–Kier alpha value is -1.37. The van der Waals surface area contributed by atoms with E-state index in [9.17, 15) is 8.42 Å². The van der Waals surface area contributed by atoms with Crippen molar-refractivity contribution < 1.29 is 8.42 Å². The van der Waals surface area contributed by atoms with Crippen molar-refractivity contribution >= 4 is 27.0 Å². The predicted octanol–water partition coefficient (Wildman–Crippen LogP) is 2.61.